The molecule has 0 aliphatic heterocycles. The van der Waals surface area contributed by atoms with Gasteiger partial charge in [0.1, 0.15) is 5.69 Å². The Hall–Kier alpha value is -6.31. The molecule has 0 bridgehead atoms. The Morgan fingerprint density at radius 1 is 0.882 bits per heavy atom. The second kappa shape index (κ2) is 15.5. The number of anilines is 1. The molecule has 7 N–H and O–H groups in total. The zero-order valence-corrected chi connectivity index (χ0v) is 27.3. The van der Waals surface area contributed by atoms with Gasteiger partial charge in [-0.05, 0) is 55.4 Å². The van der Waals surface area contributed by atoms with Crippen LogP contribution in [0.3, 0.4) is 0 Å². The number of aliphatic carboxylic acids is 1. The first-order valence-electron chi connectivity index (χ1n) is 13.2. The zero-order chi connectivity index (χ0) is 39.2. The fourth-order valence-corrected chi connectivity index (χ4v) is 7.64. The molecule has 26 heteroatoms. The number of nitro benzene ring substituents is 2. The number of nitrogens with zero attached hydrogens (tertiary/aromatic N) is 5. The summed E-state index contributed by atoms with van der Waals surface area (Å²) in [5, 5.41) is 32.6. The summed E-state index contributed by atoms with van der Waals surface area (Å²) in [5.74, 6) is -4.48. The fourth-order valence-electron chi connectivity index (χ4n) is 3.95. The molecule has 0 saturated heterocycles. The van der Waals surface area contributed by atoms with Gasteiger partial charge in [-0.25, -0.2) is 21.6 Å². The maximum atomic E-state index is 13.9. The number of guanidine groups is 1. The summed E-state index contributed by atoms with van der Waals surface area (Å²) in [5.41, 5.74) is 12.6. The monoisotopic (exact) mass is 766 g/mol. The number of nitrogens with two attached hydrogens (primary N) is 3. The third-order valence-electron chi connectivity index (χ3n) is 6.21. The molecule has 276 valence electrons. The van der Waals surface area contributed by atoms with E-state index >= 15 is 0 Å². The summed E-state index contributed by atoms with van der Waals surface area (Å²) >= 11 is 0. The van der Waals surface area contributed by atoms with Crippen molar-refractivity contribution in [2.45, 2.75) is 42.0 Å². The molecule has 0 spiro atoms. The molecule has 3 rings (SSSR count). The molecule has 2 aromatic carbocycles. The van der Waals surface area contributed by atoms with Crippen molar-refractivity contribution < 1.29 is 59.4 Å². The third-order valence-corrected chi connectivity index (χ3v) is 10.4. The van der Waals surface area contributed by atoms with Crippen LogP contribution in [0, 0.1) is 27.2 Å². The lowest BCUT2D eigenvalue weighted by Crippen LogP contribution is -2.45. The number of hydrogen-bond donors (Lipinski definition) is 4. The van der Waals surface area contributed by atoms with Gasteiger partial charge in [-0.1, -0.05) is 0 Å². The lowest BCUT2D eigenvalue weighted by atomic mass is 10.1. The second-order valence-corrected chi connectivity index (χ2v) is 13.5. The van der Waals surface area contributed by atoms with Crippen LogP contribution in [-0.4, -0.2) is 66.5 Å². The van der Waals surface area contributed by atoms with Gasteiger partial charge in [-0.15, -0.1) is 0 Å². The number of primary amides is 1. The van der Waals surface area contributed by atoms with E-state index in [1.807, 2.05) is 0 Å². The van der Waals surface area contributed by atoms with E-state index in [4.69, 9.17) is 31.9 Å². The molecule has 0 aliphatic rings. The Kier molecular flexibility index (Phi) is 12.4. The van der Waals surface area contributed by atoms with E-state index in [9.17, 15) is 59.8 Å². The van der Waals surface area contributed by atoms with Crippen LogP contribution in [0.4, 0.5) is 30.2 Å². The summed E-state index contributed by atoms with van der Waals surface area (Å²) < 4.78 is 87.9. The number of halogens is 3. The molecule has 1 amide bonds. The number of oxime groups is 1. The number of pyridine rings is 1. The van der Waals surface area contributed by atoms with E-state index in [1.165, 1.54) is 13.8 Å². The molecule has 1 aromatic heterocycles. The van der Waals surface area contributed by atoms with Crippen LogP contribution in [0.25, 0.3) is 0 Å². The Bertz CT molecular complexity index is 2050. The highest BCUT2D eigenvalue weighted by Gasteiger charge is 2.41. The van der Waals surface area contributed by atoms with Gasteiger partial charge in [0.2, 0.25) is 11.9 Å². The quantitative estimate of drug-likeness (QED) is 0.0857. The van der Waals surface area contributed by atoms with Crippen molar-refractivity contribution in [1.82, 2.24) is 4.57 Å². The minimum atomic E-state index is -5.30. The van der Waals surface area contributed by atoms with Crippen LogP contribution in [0.5, 0.6) is 0 Å². The number of non-ortho nitro benzene ring substituents is 2. The number of carbonyl (C=O) groups excluding carboxylic acids is 1. The van der Waals surface area contributed by atoms with Gasteiger partial charge in [0.05, 0.1) is 19.6 Å². The standard InChI is InChI=1S/C23H24N8O11S2.C2HF3O2/c1-13-3-12-19(22(33)28(13)20(21(24)32)14(2)42-27-23(25)26)31(43(38,39)17-8-4-15(5-9-17)29(34)35)44(40,41)18-10-6-16(7-11-18)30(36)37;3-2(4,5)1(6)7/h3-12,14,20H,1-2H3,(H2,24,32)(H4,25,26,27);(H,6,7). The number of aromatic nitrogens is 1. The lowest BCUT2D eigenvalue weighted by Gasteiger charge is -2.27. The topological polar surface area (TPSA) is 334 Å². The van der Waals surface area contributed by atoms with Gasteiger partial charge in [0.25, 0.3) is 37.0 Å². The van der Waals surface area contributed by atoms with Crippen LogP contribution >= 0.6 is 0 Å². The summed E-state index contributed by atoms with van der Waals surface area (Å²) in [6, 6.07) is 6.41. The first-order valence-corrected chi connectivity index (χ1v) is 16.1. The van der Waals surface area contributed by atoms with Crippen molar-refractivity contribution in [3.8, 4) is 0 Å². The number of sulfonamides is 2. The van der Waals surface area contributed by atoms with Crippen LogP contribution < -0.4 is 26.5 Å². The third kappa shape index (κ3) is 9.44. The van der Waals surface area contributed by atoms with Gasteiger partial charge >= 0.3 is 12.1 Å². The molecule has 1 heterocycles. The minimum Gasteiger partial charge on any atom is -0.475 e. The summed E-state index contributed by atoms with van der Waals surface area (Å²) in [7, 11) is -10.6. The molecular formula is C25H25F3N8O13S2. The van der Waals surface area contributed by atoms with E-state index in [2.05, 4.69) is 5.16 Å². The van der Waals surface area contributed by atoms with Crippen LogP contribution in [0.15, 0.2) is 80.4 Å². The Morgan fingerprint density at radius 3 is 1.59 bits per heavy atom. The highest BCUT2D eigenvalue weighted by atomic mass is 32.3. The lowest BCUT2D eigenvalue weighted by molar-refractivity contribution is -0.385. The number of carboxylic acid groups (broad SMARTS) is 1. The van der Waals surface area contributed by atoms with Crippen molar-refractivity contribution in [1.29, 1.82) is 0 Å². The molecule has 2 unspecified atom stereocenters. The van der Waals surface area contributed by atoms with Crippen LogP contribution in [-0.2, 0) is 34.5 Å². The summed E-state index contributed by atoms with van der Waals surface area (Å²) in [6.07, 6.45) is -6.44. The zero-order valence-electron chi connectivity index (χ0n) is 25.7. The van der Waals surface area contributed by atoms with Gasteiger partial charge in [-0.2, -0.15) is 16.9 Å². The number of rotatable bonds is 12. The molecule has 21 nitrogen and oxygen atoms in total. The first kappa shape index (κ1) is 40.9. The number of hydrogen-bond acceptors (Lipinski definition) is 13. The van der Waals surface area contributed by atoms with Crippen LogP contribution in [0.1, 0.15) is 18.7 Å². The minimum absolute atomic E-state index is 0.00289. The smallest absolute Gasteiger partial charge is 0.475 e. The van der Waals surface area contributed by atoms with Crippen molar-refractivity contribution >= 4 is 54.9 Å². The number of carboxylic acids is 1. The van der Waals surface area contributed by atoms with E-state index in [0.29, 0.717) is 4.57 Å². The maximum absolute atomic E-state index is 13.9. The van der Waals surface area contributed by atoms with Gasteiger partial charge < -0.3 is 27.1 Å². The highest BCUT2D eigenvalue weighted by Crippen LogP contribution is 2.31. The first-order chi connectivity index (χ1) is 23.3. The fraction of sp³-hybridized carbons (Fsp3) is 0.200. The Morgan fingerprint density at radius 2 is 1.27 bits per heavy atom. The van der Waals surface area contributed by atoms with E-state index in [0.717, 1.165) is 60.7 Å². The van der Waals surface area contributed by atoms with Crippen LogP contribution in [0.2, 0.25) is 0 Å². The summed E-state index contributed by atoms with van der Waals surface area (Å²) in [6.45, 7) is 2.58. The number of benzene rings is 2. The maximum Gasteiger partial charge on any atom is 0.490 e. The van der Waals surface area contributed by atoms with E-state index in [1.54, 1.807) is 0 Å². The Balaban J connectivity index is 0.00000116. The highest BCUT2D eigenvalue weighted by molar-refractivity contribution is 8.10. The average Bonchev–Trinajstić information content (AvgIpc) is 3.02. The number of carbonyl (C=O) groups is 2. The van der Waals surface area contributed by atoms with Crippen molar-refractivity contribution in [3.05, 3.63) is 96.9 Å². The number of nitro groups is 2. The molecule has 0 aliphatic carbocycles. The molecule has 0 fully saturated rings. The SMILES string of the molecule is Cc1ccc(N(S(=O)(=O)c2ccc([N+](=O)[O-])cc2)S(=O)(=O)c2ccc([N+](=O)[O-])cc2)c(=O)n1C(C(N)=O)C(C)ON=C(N)N.O=C(O)C(F)(F)F. The molecule has 0 saturated carbocycles. The molecule has 3 aromatic rings. The van der Waals surface area contributed by atoms with Gasteiger partial charge in [0, 0.05) is 30.0 Å². The second-order valence-electron chi connectivity index (χ2n) is 9.72. The van der Waals surface area contributed by atoms with Crippen molar-refractivity contribution in [3.63, 3.8) is 0 Å². The van der Waals surface area contributed by atoms with E-state index in [-0.39, 0.29) is 9.40 Å². The summed E-state index contributed by atoms with van der Waals surface area (Å²) in [4.78, 5) is 59.3. The predicted molar refractivity (Wildman–Crippen MR) is 167 cm³/mol. The molecule has 51 heavy (non-hydrogen) atoms. The van der Waals surface area contributed by atoms with Crippen molar-refractivity contribution in [2.75, 3.05) is 3.71 Å². The predicted octanol–water partition coefficient (Wildman–Crippen LogP) is 0.811. The Labute approximate surface area is 283 Å². The number of amides is 1. The largest absolute Gasteiger partial charge is 0.490 e. The number of alkyl halides is 3. The van der Waals surface area contributed by atoms with Gasteiger partial charge in [0.15, 0.2) is 12.1 Å². The molecular weight excluding hydrogens is 741 g/mol. The van der Waals surface area contributed by atoms with E-state index < -0.39 is 98.5 Å². The normalized spacial score (nSPS) is 12.6. The van der Waals surface area contributed by atoms with Gasteiger partial charge in [-0.3, -0.25) is 34.4 Å². The average molecular weight is 767 g/mol. The number of aryl methyl sites for hydroxylation is 1. The molecule has 2 atom stereocenters. The molecule has 0 radical (unpaired) electrons. The van der Waals surface area contributed by atoms with Crippen molar-refractivity contribution in [2.24, 2.45) is 22.4 Å².